The van der Waals surface area contributed by atoms with Crippen molar-refractivity contribution in [2.45, 2.75) is 51.6 Å². The summed E-state index contributed by atoms with van der Waals surface area (Å²) in [5.74, 6) is 0.833. The Balaban J connectivity index is 1.84. The van der Waals surface area contributed by atoms with E-state index in [1.807, 2.05) is 23.1 Å². The minimum atomic E-state index is 0.180. The molecule has 0 aromatic heterocycles. The quantitative estimate of drug-likeness (QED) is 0.860. The first-order valence-corrected chi connectivity index (χ1v) is 7.38. The molecule has 1 saturated heterocycles. The molecule has 110 valence electrons. The summed E-state index contributed by atoms with van der Waals surface area (Å²) < 4.78 is 5.60. The Bertz CT molecular complexity index is 452. The molecule has 1 aromatic rings. The summed E-state index contributed by atoms with van der Waals surface area (Å²) in [7, 11) is 0. The highest BCUT2D eigenvalue weighted by molar-refractivity contribution is 5.77. The fourth-order valence-electron chi connectivity index (χ4n) is 2.90. The van der Waals surface area contributed by atoms with Gasteiger partial charge in [0.25, 0.3) is 0 Å². The van der Waals surface area contributed by atoms with Gasteiger partial charge >= 0.3 is 0 Å². The number of nitrogens with zero attached hydrogens (tertiary/aromatic N) is 1. The van der Waals surface area contributed by atoms with Crippen LogP contribution in [0.3, 0.4) is 0 Å². The van der Waals surface area contributed by atoms with Crippen molar-refractivity contribution in [2.24, 2.45) is 0 Å². The van der Waals surface area contributed by atoms with Crippen molar-refractivity contribution in [3.8, 4) is 5.75 Å². The van der Waals surface area contributed by atoms with Crippen LogP contribution in [-0.4, -0.2) is 29.5 Å². The second-order valence-corrected chi connectivity index (χ2v) is 5.57. The number of carbonyl (C=O) groups is 1. The van der Waals surface area contributed by atoms with E-state index in [0.717, 1.165) is 12.8 Å². The number of amides is 1. The number of benzene rings is 1. The Morgan fingerprint density at radius 2 is 1.95 bits per heavy atom. The topological polar surface area (TPSA) is 55.6 Å². The molecule has 2 rings (SSSR count). The smallest absolute Gasteiger partial charge is 0.226 e. The predicted octanol–water partition coefficient (Wildman–Crippen LogP) is 2.83. The van der Waals surface area contributed by atoms with Crippen molar-refractivity contribution < 1.29 is 9.53 Å². The summed E-state index contributed by atoms with van der Waals surface area (Å²) in [5.41, 5.74) is 6.41. The van der Waals surface area contributed by atoms with Crippen molar-refractivity contribution in [3.63, 3.8) is 0 Å². The minimum Gasteiger partial charge on any atom is -0.491 e. The second-order valence-electron chi connectivity index (χ2n) is 5.57. The maximum atomic E-state index is 12.3. The van der Waals surface area contributed by atoms with Gasteiger partial charge < -0.3 is 15.4 Å². The van der Waals surface area contributed by atoms with Gasteiger partial charge in [-0.05, 0) is 45.2 Å². The number of likely N-dealkylation sites (tertiary alicyclic amines) is 1. The number of hydrogen-bond donors (Lipinski definition) is 1. The first-order valence-electron chi connectivity index (χ1n) is 7.38. The third kappa shape index (κ3) is 3.44. The van der Waals surface area contributed by atoms with E-state index in [1.54, 1.807) is 6.07 Å². The number of rotatable bonds is 4. The number of nitrogens with two attached hydrogens (primary N) is 1. The number of anilines is 1. The Hall–Kier alpha value is -1.71. The standard InChI is InChI=1S/C16H24N2O2/c1-12-6-5-7-13(2)18(12)16(19)10-11-20-15-9-4-3-8-14(15)17/h3-4,8-9,12-13H,5-7,10-11,17H2,1-2H3. The first kappa shape index (κ1) is 14.7. The molecule has 2 N–H and O–H groups in total. The highest BCUT2D eigenvalue weighted by Crippen LogP contribution is 2.24. The molecule has 0 radical (unpaired) electrons. The lowest BCUT2D eigenvalue weighted by Gasteiger charge is -2.39. The Labute approximate surface area is 120 Å². The van der Waals surface area contributed by atoms with Crippen LogP contribution >= 0.6 is 0 Å². The summed E-state index contributed by atoms with van der Waals surface area (Å²) in [6.45, 7) is 4.64. The van der Waals surface area contributed by atoms with Gasteiger partial charge in [-0.25, -0.2) is 0 Å². The molecule has 1 fully saturated rings. The van der Waals surface area contributed by atoms with E-state index in [-0.39, 0.29) is 5.91 Å². The van der Waals surface area contributed by atoms with Crippen LogP contribution in [0.5, 0.6) is 5.75 Å². The van der Waals surface area contributed by atoms with Crippen LogP contribution in [0.15, 0.2) is 24.3 Å². The molecule has 20 heavy (non-hydrogen) atoms. The molecule has 1 heterocycles. The van der Waals surface area contributed by atoms with Gasteiger partial charge in [-0.1, -0.05) is 12.1 Å². The van der Waals surface area contributed by atoms with E-state index >= 15 is 0 Å². The van der Waals surface area contributed by atoms with E-state index in [9.17, 15) is 4.79 Å². The Morgan fingerprint density at radius 1 is 1.30 bits per heavy atom. The van der Waals surface area contributed by atoms with Crippen molar-refractivity contribution in [2.75, 3.05) is 12.3 Å². The lowest BCUT2D eigenvalue weighted by atomic mass is 9.97. The summed E-state index contributed by atoms with van der Waals surface area (Å²) in [5, 5.41) is 0. The molecule has 1 aliphatic heterocycles. The summed E-state index contributed by atoms with van der Waals surface area (Å²) >= 11 is 0. The van der Waals surface area contributed by atoms with E-state index in [2.05, 4.69) is 13.8 Å². The highest BCUT2D eigenvalue weighted by Gasteiger charge is 2.28. The number of para-hydroxylation sites is 2. The average Bonchev–Trinajstić information content (AvgIpc) is 2.41. The molecule has 2 atom stereocenters. The van der Waals surface area contributed by atoms with Crippen LogP contribution in [0, 0.1) is 0 Å². The molecule has 0 spiro atoms. The van der Waals surface area contributed by atoms with E-state index in [4.69, 9.17) is 10.5 Å². The van der Waals surface area contributed by atoms with Gasteiger partial charge in [0.15, 0.2) is 0 Å². The fraction of sp³-hybridized carbons (Fsp3) is 0.562. The lowest BCUT2D eigenvalue weighted by Crippen LogP contribution is -2.47. The summed E-state index contributed by atoms with van der Waals surface area (Å²) in [4.78, 5) is 14.3. The van der Waals surface area contributed by atoms with Crippen LogP contribution in [0.25, 0.3) is 0 Å². The molecule has 0 saturated carbocycles. The van der Waals surface area contributed by atoms with Gasteiger partial charge in [0.2, 0.25) is 5.91 Å². The normalized spacial score (nSPS) is 22.6. The van der Waals surface area contributed by atoms with Crippen LogP contribution in [0.4, 0.5) is 5.69 Å². The van der Waals surface area contributed by atoms with Crippen LogP contribution in [-0.2, 0) is 4.79 Å². The maximum Gasteiger partial charge on any atom is 0.226 e. The predicted molar refractivity (Wildman–Crippen MR) is 80.6 cm³/mol. The van der Waals surface area contributed by atoms with Crippen LogP contribution in [0.2, 0.25) is 0 Å². The maximum absolute atomic E-state index is 12.3. The number of ether oxygens (including phenoxy) is 1. The molecule has 1 aliphatic rings. The van der Waals surface area contributed by atoms with Crippen molar-refractivity contribution in [3.05, 3.63) is 24.3 Å². The Kier molecular flexibility index (Phi) is 4.88. The second kappa shape index (κ2) is 6.64. The average molecular weight is 276 g/mol. The van der Waals surface area contributed by atoms with Gasteiger partial charge in [-0.3, -0.25) is 4.79 Å². The molecule has 1 amide bonds. The van der Waals surface area contributed by atoms with Gasteiger partial charge in [0, 0.05) is 12.1 Å². The van der Waals surface area contributed by atoms with Gasteiger partial charge in [-0.2, -0.15) is 0 Å². The molecule has 1 aromatic carbocycles. The third-order valence-corrected chi connectivity index (χ3v) is 3.97. The zero-order valence-electron chi connectivity index (χ0n) is 12.3. The molecule has 4 heteroatoms. The minimum absolute atomic E-state index is 0.180. The van der Waals surface area contributed by atoms with Crippen molar-refractivity contribution in [1.29, 1.82) is 0 Å². The highest BCUT2D eigenvalue weighted by atomic mass is 16.5. The fourth-order valence-corrected chi connectivity index (χ4v) is 2.90. The van der Waals surface area contributed by atoms with E-state index < -0.39 is 0 Å². The van der Waals surface area contributed by atoms with Crippen molar-refractivity contribution >= 4 is 11.6 Å². The molecule has 0 bridgehead atoms. The molecular weight excluding hydrogens is 252 g/mol. The monoisotopic (exact) mass is 276 g/mol. The third-order valence-electron chi connectivity index (χ3n) is 3.97. The van der Waals surface area contributed by atoms with Crippen molar-refractivity contribution in [1.82, 2.24) is 4.90 Å². The number of nitrogen functional groups attached to an aromatic ring is 1. The first-order chi connectivity index (χ1) is 9.59. The zero-order valence-corrected chi connectivity index (χ0v) is 12.3. The summed E-state index contributed by atoms with van der Waals surface area (Å²) in [6, 6.07) is 8.05. The number of piperidine rings is 1. The number of carbonyl (C=O) groups excluding carboxylic acids is 1. The zero-order chi connectivity index (χ0) is 14.5. The molecule has 0 aliphatic carbocycles. The van der Waals surface area contributed by atoms with E-state index in [1.165, 1.54) is 6.42 Å². The lowest BCUT2D eigenvalue weighted by molar-refractivity contribution is -0.137. The number of hydrogen-bond acceptors (Lipinski definition) is 3. The Morgan fingerprint density at radius 3 is 2.60 bits per heavy atom. The van der Waals surface area contributed by atoms with E-state index in [0.29, 0.717) is 36.5 Å². The van der Waals surface area contributed by atoms with Gasteiger partial charge in [0.1, 0.15) is 5.75 Å². The molecule has 2 unspecified atom stereocenters. The largest absolute Gasteiger partial charge is 0.491 e. The summed E-state index contributed by atoms with van der Waals surface area (Å²) in [6.07, 6.45) is 3.82. The molecule has 4 nitrogen and oxygen atoms in total. The van der Waals surface area contributed by atoms with Gasteiger partial charge in [0.05, 0.1) is 18.7 Å². The molecular formula is C16H24N2O2. The SMILES string of the molecule is CC1CCCC(C)N1C(=O)CCOc1ccccc1N. The van der Waals surface area contributed by atoms with Gasteiger partial charge in [-0.15, -0.1) is 0 Å². The van der Waals surface area contributed by atoms with Crippen LogP contribution in [0.1, 0.15) is 39.5 Å². The van der Waals surface area contributed by atoms with Crippen LogP contribution < -0.4 is 10.5 Å².